The molecule has 0 unspecified atom stereocenters. The third-order valence-corrected chi connectivity index (χ3v) is 4.83. The summed E-state index contributed by atoms with van der Waals surface area (Å²) >= 11 is 0. The van der Waals surface area contributed by atoms with E-state index in [1.165, 1.54) is 0 Å². The Balaban J connectivity index is 0.00000243. The molecule has 1 amide bonds. The summed E-state index contributed by atoms with van der Waals surface area (Å²) in [5.74, 6) is 0.572. The lowest BCUT2D eigenvalue weighted by Crippen LogP contribution is -2.39. The molecule has 2 aromatic rings. The maximum absolute atomic E-state index is 13.2. The Kier molecular flexibility index (Phi) is 5.98. The lowest BCUT2D eigenvalue weighted by molar-refractivity contribution is 0.0742. The van der Waals surface area contributed by atoms with Crippen molar-refractivity contribution in [2.75, 3.05) is 20.1 Å². The molecular formula is C19H29ClN4O2. The number of aromatic nitrogens is 2. The molecule has 7 heteroatoms. The summed E-state index contributed by atoms with van der Waals surface area (Å²) in [6, 6.07) is 1.94. The second kappa shape index (κ2) is 7.53. The summed E-state index contributed by atoms with van der Waals surface area (Å²) in [5.41, 5.74) is 8.55. The number of carbonyl (C=O) groups is 1. The van der Waals surface area contributed by atoms with Crippen LogP contribution in [-0.4, -0.2) is 41.1 Å². The van der Waals surface area contributed by atoms with Crippen LogP contribution in [0.25, 0.3) is 11.1 Å². The fourth-order valence-electron chi connectivity index (χ4n) is 3.13. The number of halogens is 1. The first-order chi connectivity index (χ1) is 11.7. The van der Waals surface area contributed by atoms with Gasteiger partial charge in [-0.15, -0.1) is 12.4 Å². The second-order valence-electron chi connectivity index (χ2n) is 8.30. The number of hydrogen-bond donors (Lipinski definition) is 1. The van der Waals surface area contributed by atoms with E-state index in [0.29, 0.717) is 30.3 Å². The van der Waals surface area contributed by atoms with Crippen LogP contribution in [0.5, 0.6) is 0 Å². The topological polar surface area (TPSA) is 85.2 Å². The monoisotopic (exact) mass is 380 g/mol. The standard InChI is InChI=1S/C19H28N4O2.ClH/c1-11(2)16-15-13(18(24)23(5)10-19(3,4)9-20)8-14(12-6-7-12)21-17(15)25-22-16;/h8,11-12H,6-7,9-10,20H2,1-5H3;1H. The summed E-state index contributed by atoms with van der Waals surface area (Å²) < 4.78 is 5.47. The van der Waals surface area contributed by atoms with Gasteiger partial charge < -0.3 is 15.2 Å². The predicted octanol–water partition coefficient (Wildman–Crippen LogP) is 3.70. The molecule has 144 valence electrons. The van der Waals surface area contributed by atoms with Gasteiger partial charge in [0.25, 0.3) is 11.6 Å². The minimum absolute atomic E-state index is 0. The molecule has 0 atom stereocenters. The number of nitrogens with two attached hydrogens (primary N) is 1. The Bertz CT molecular complexity index is 796. The number of carbonyl (C=O) groups excluding carboxylic acids is 1. The number of fused-ring (bicyclic) bond motifs is 1. The fraction of sp³-hybridized carbons (Fsp3) is 0.632. The first-order valence-electron chi connectivity index (χ1n) is 8.99. The van der Waals surface area contributed by atoms with Gasteiger partial charge in [0, 0.05) is 25.2 Å². The molecule has 1 aliphatic carbocycles. The van der Waals surface area contributed by atoms with E-state index in [2.05, 4.69) is 24.0 Å². The van der Waals surface area contributed by atoms with Crippen molar-refractivity contribution in [3.8, 4) is 0 Å². The van der Waals surface area contributed by atoms with Crippen molar-refractivity contribution in [3.05, 3.63) is 23.0 Å². The van der Waals surface area contributed by atoms with Crippen LogP contribution in [0, 0.1) is 5.41 Å². The first kappa shape index (κ1) is 20.6. The Hall–Kier alpha value is -1.66. The lowest BCUT2D eigenvalue weighted by atomic mass is 9.92. The maximum Gasteiger partial charge on any atom is 0.259 e. The molecule has 26 heavy (non-hydrogen) atoms. The van der Waals surface area contributed by atoms with Gasteiger partial charge in [0.1, 0.15) is 0 Å². The van der Waals surface area contributed by atoms with Crippen molar-refractivity contribution in [1.82, 2.24) is 15.0 Å². The molecule has 0 aromatic carbocycles. The molecular weight excluding hydrogens is 352 g/mol. The first-order valence-corrected chi connectivity index (χ1v) is 8.99. The largest absolute Gasteiger partial charge is 0.341 e. The number of amides is 1. The molecule has 1 fully saturated rings. The number of hydrogen-bond acceptors (Lipinski definition) is 5. The highest BCUT2D eigenvalue weighted by Crippen LogP contribution is 2.41. The van der Waals surface area contributed by atoms with Gasteiger partial charge in [-0.2, -0.15) is 0 Å². The van der Waals surface area contributed by atoms with Gasteiger partial charge in [0.15, 0.2) is 0 Å². The van der Waals surface area contributed by atoms with Gasteiger partial charge in [-0.1, -0.05) is 32.9 Å². The van der Waals surface area contributed by atoms with Crippen LogP contribution in [0.2, 0.25) is 0 Å². The molecule has 2 heterocycles. The zero-order valence-corrected chi connectivity index (χ0v) is 17.0. The Morgan fingerprint density at radius 3 is 2.62 bits per heavy atom. The van der Waals surface area contributed by atoms with Crippen LogP contribution in [-0.2, 0) is 0 Å². The van der Waals surface area contributed by atoms with E-state index in [1.807, 2.05) is 27.0 Å². The van der Waals surface area contributed by atoms with Gasteiger partial charge in [-0.05, 0) is 36.8 Å². The van der Waals surface area contributed by atoms with E-state index in [4.69, 9.17) is 10.3 Å². The SMILES string of the molecule is CC(C)c1noc2nc(C3CC3)cc(C(=O)N(C)CC(C)(C)CN)c12.Cl. The molecule has 0 bridgehead atoms. The van der Waals surface area contributed by atoms with Crippen LogP contribution in [0.15, 0.2) is 10.6 Å². The third-order valence-electron chi connectivity index (χ3n) is 4.83. The van der Waals surface area contributed by atoms with Crippen molar-refractivity contribution in [2.24, 2.45) is 11.1 Å². The van der Waals surface area contributed by atoms with E-state index in [-0.39, 0.29) is 29.6 Å². The maximum atomic E-state index is 13.2. The van der Waals surface area contributed by atoms with Crippen molar-refractivity contribution in [3.63, 3.8) is 0 Å². The average Bonchev–Trinajstić information content (AvgIpc) is 3.31. The molecule has 2 N–H and O–H groups in total. The zero-order valence-electron chi connectivity index (χ0n) is 16.2. The van der Waals surface area contributed by atoms with E-state index in [9.17, 15) is 4.79 Å². The second-order valence-corrected chi connectivity index (χ2v) is 8.30. The minimum atomic E-state index is -0.134. The lowest BCUT2D eigenvalue weighted by Gasteiger charge is -2.29. The van der Waals surface area contributed by atoms with Crippen molar-refractivity contribution >= 4 is 29.4 Å². The summed E-state index contributed by atoms with van der Waals surface area (Å²) in [4.78, 5) is 19.6. The molecule has 1 saturated carbocycles. The molecule has 3 rings (SSSR count). The normalized spacial score (nSPS) is 14.6. The molecule has 0 saturated heterocycles. The van der Waals surface area contributed by atoms with Gasteiger partial charge in [-0.3, -0.25) is 4.79 Å². The van der Waals surface area contributed by atoms with E-state index < -0.39 is 0 Å². The van der Waals surface area contributed by atoms with Crippen molar-refractivity contribution in [1.29, 1.82) is 0 Å². The Morgan fingerprint density at radius 1 is 1.42 bits per heavy atom. The fourth-order valence-corrected chi connectivity index (χ4v) is 3.13. The van der Waals surface area contributed by atoms with Crippen molar-refractivity contribution in [2.45, 2.75) is 52.4 Å². The molecule has 6 nitrogen and oxygen atoms in total. The zero-order chi connectivity index (χ0) is 18.4. The van der Waals surface area contributed by atoms with Crippen LogP contribution < -0.4 is 5.73 Å². The Morgan fingerprint density at radius 2 is 2.08 bits per heavy atom. The smallest absolute Gasteiger partial charge is 0.259 e. The average molecular weight is 381 g/mol. The Labute approximate surface area is 160 Å². The summed E-state index contributed by atoms with van der Waals surface area (Å²) in [6.45, 7) is 9.33. The minimum Gasteiger partial charge on any atom is -0.341 e. The van der Waals surface area contributed by atoms with E-state index >= 15 is 0 Å². The molecule has 0 spiro atoms. The quantitative estimate of drug-likeness (QED) is 0.825. The predicted molar refractivity (Wildman–Crippen MR) is 105 cm³/mol. The summed E-state index contributed by atoms with van der Waals surface area (Å²) in [5, 5.41) is 4.93. The van der Waals surface area contributed by atoms with Crippen LogP contribution in [0.4, 0.5) is 0 Å². The molecule has 2 aromatic heterocycles. The van der Waals surface area contributed by atoms with E-state index in [1.54, 1.807) is 4.90 Å². The van der Waals surface area contributed by atoms with Crippen LogP contribution in [0.1, 0.15) is 74.1 Å². The van der Waals surface area contributed by atoms with E-state index in [0.717, 1.165) is 29.6 Å². The molecule has 0 aliphatic heterocycles. The highest BCUT2D eigenvalue weighted by Gasteiger charge is 2.31. The molecule has 1 aliphatic rings. The molecule has 0 radical (unpaired) electrons. The van der Waals surface area contributed by atoms with Gasteiger partial charge in [0.2, 0.25) is 0 Å². The van der Waals surface area contributed by atoms with Gasteiger partial charge in [-0.25, -0.2) is 4.98 Å². The van der Waals surface area contributed by atoms with Crippen LogP contribution >= 0.6 is 12.4 Å². The van der Waals surface area contributed by atoms with Gasteiger partial charge >= 0.3 is 0 Å². The van der Waals surface area contributed by atoms with Crippen molar-refractivity contribution < 1.29 is 9.32 Å². The number of pyridine rings is 1. The van der Waals surface area contributed by atoms with Crippen LogP contribution in [0.3, 0.4) is 0 Å². The van der Waals surface area contributed by atoms with Gasteiger partial charge in [0.05, 0.1) is 16.6 Å². The third kappa shape index (κ3) is 4.01. The highest BCUT2D eigenvalue weighted by atomic mass is 35.5. The highest BCUT2D eigenvalue weighted by molar-refractivity contribution is 6.06. The summed E-state index contributed by atoms with van der Waals surface area (Å²) in [7, 11) is 1.82. The number of rotatable bonds is 6. The number of nitrogens with zero attached hydrogens (tertiary/aromatic N) is 3. The summed E-state index contributed by atoms with van der Waals surface area (Å²) in [6.07, 6.45) is 2.24.